The van der Waals surface area contributed by atoms with E-state index >= 15 is 0 Å². The van der Waals surface area contributed by atoms with Crippen LogP contribution in [0.4, 0.5) is 0 Å². The molecule has 0 N–H and O–H groups in total. The van der Waals surface area contributed by atoms with Gasteiger partial charge in [0.05, 0.1) is 11.6 Å². The molecule has 0 radical (unpaired) electrons. The van der Waals surface area contributed by atoms with Gasteiger partial charge in [0, 0.05) is 18.2 Å². The van der Waals surface area contributed by atoms with E-state index in [9.17, 15) is 0 Å². The van der Waals surface area contributed by atoms with Crippen LogP contribution < -0.4 is 0 Å². The molecule has 0 aromatic carbocycles. The van der Waals surface area contributed by atoms with Gasteiger partial charge in [0.2, 0.25) is 0 Å². The smallest absolute Gasteiger partial charge is 0.162 e. The number of pyridine rings is 1. The van der Waals surface area contributed by atoms with Crippen molar-refractivity contribution in [1.82, 2.24) is 14.6 Å². The summed E-state index contributed by atoms with van der Waals surface area (Å²) in [7, 11) is 0. The van der Waals surface area contributed by atoms with E-state index in [-0.39, 0.29) is 5.41 Å². The Morgan fingerprint density at radius 3 is 2.94 bits per heavy atom. The van der Waals surface area contributed by atoms with Crippen molar-refractivity contribution in [2.75, 3.05) is 0 Å². The predicted octanol–water partition coefficient (Wildman–Crippen LogP) is 2.89. The largest absolute Gasteiger partial charge is 0.286 e. The summed E-state index contributed by atoms with van der Waals surface area (Å²) in [6, 6.07) is 5.74. The summed E-state index contributed by atoms with van der Waals surface area (Å²) in [5, 5.41) is 17.4. The number of nitriles is 1. The highest BCUT2D eigenvalue weighted by atomic mass is 15.2. The van der Waals surface area contributed by atoms with Gasteiger partial charge in [-0.1, -0.05) is 20.3 Å². The van der Waals surface area contributed by atoms with E-state index in [0.717, 1.165) is 11.5 Å². The van der Waals surface area contributed by atoms with Crippen LogP contribution in [0.15, 0.2) is 18.3 Å². The van der Waals surface area contributed by atoms with Crippen LogP contribution in [-0.2, 0) is 0 Å². The molecule has 0 bridgehead atoms. The maximum atomic E-state index is 8.89. The van der Waals surface area contributed by atoms with Gasteiger partial charge in [0.1, 0.15) is 5.82 Å². The minimum absolute atomic E-state index is 0.289. The van der Waals surface area contributed by atoms with Crippen LogP contribution in [0.1, 0.15) is 50.4 Å². The topological polar surface area (TPSA) is 54.0 Å². The lowest BCUT2D eigenvalue weighted by Crippen LogP contribution is -2.17. The summed E-state index contributed by atoms with van der Waals surface area (Å²) in [6.45, 7) is 4.60. The first-order chi connectivity index (χ1) is 8.62. The first-order valence-electron chi connectivity index (χ1n) is 6.36. The Labute approximate surface area is 106 Å². The summed E-state index contributed by atoms with van der Waals surface area (Å²) in [5.74, 6) is 1.50. The van der Waals surface area contributed by atoms with Crippen LogP contribution in [0.25, 0.3) is 5.65 Å². The van der Waals surface area contributed by atoms with Gasteiger partial charge in [-0.05, 0) is 24.3 Å². The molecule has 0 saturated heterocycles. The van der Waals surface area contributed by atoms with E-state index in [4.69, 9.17) is 5.26 Å². The summed E-state index contributed by atoms with van der Waals surface area (Å²) >= 11 is 0. The molecule has 18 heavy (non-hydrogen) atoms. The maximum absolute atomic E-state index is 8.89. The minimum atomic E-state index is 0.289. The van der Waals surface area contributed by atoms with Crippen LogP contribution in [0.3, 0.4) is 0 Å². The van der Waals surface area contributed by atoms with Crippen LogP contribution in [0.2, 0.25) is 0 Å². The molecular weight excluding hydrogens is 224 g/mol. The molecule has 2 heterocycles. The molecule has 3 rings (SSSR count). The van der Waals surface area contributed by atoms with Crippen molar-refractivity contribution in [2.45, 2.75) is 39.0 Å². The molecule has 2 aromatic rings. The molecule has 92 valence electrons. The molecule has 4 nitrogen and oxygen atoms in total. The third kappa shape index (κ3) is 1.59. The monoisotopic (exact) mass is 240 g/mol. The van der Waals surface area contributed by atoms with Gasteiger partial charge >= 0.3 is 0 Å². The highest BCUT2D eigenvalue weighted by molar-refractivity contribution is 5.45. The zero-order chi connectivity index (χ0) is 12.8. The van der Waals surface area contributed by atoms with Crippen molar-refractivity contribution in [3.8, 4) is 6.07 Å². The van der Waals surface area contributed by atoms with Crippen molar-refractivity contribution in [1.29, 1.82) is 5.26 Å². The van der Waals surface area contributed by atoms with Crippen molar-refractivity contribution in [3.63, 3.8) is 0 Å². The minimum Gasteiger partial charge on any atom is -0.286 e. The number of hydrogen-bond donors (Lipinski definition) is 0. The van der Waals surface area contributed by atoms with Crippen molar-refractivity contribution in [2.24, 2.45) is 5.41 Å². The van der Waals surface area contributed by atoms with Crippen LogP contribution in [0, 0.1) is 16.7 Å². The normalized spacial score (nSPS) is 22.2. The molecule has 4 heteroatoms. The fourth-order valence-corrected chi connectivity index (χ4v) is 3.02. The van der Waals surface area contributed by atoms with E-state index < -0.39 is 0 Å². The Hall–Kier alpha value is -1.89. The Bertz CT molecular complexity index is 633. The third-order valence-corrected chi connectivity index (χ3v) is 4.13. The number of fused-ring (bicyclic) bond motifs is 1. The maximum Gasteiger partial charge on any atom is 0.162 e. The lowest BCUT2D eigenvalue weighted by atomic mass is 9.81. The third-order valence-electron chi connectivity index (χ3n) is 4.13. The summed E-state index contributed by atoms with van der Waals surface area (Å²) < 4.78 is 2.03. The van der Waals surface area contributed by atoms with Gasteiger partial charge in [0.15, 0.2) is 5.65 Å². The molecule has 1 saturated carbocycles. The average Bonchev–Trinajstić information content (AvgIpc) is 2.90. The van der Waals surface area contributed by atoms with Gasteiger partial charge in [-0.25, -0.2) is 0 Å². The molecule has 0 amide bonds. The van der Waals surface area contributed by atoms with Gasteiger partial charge < -0.3 is 0 Å². The van der Waals surface area contributed by atoms with Crippen LogP contribution >= 0.6 is 0 Å². The summed E-state index contributed by atoms with van der Waals surface area (Å²) in [5.41, 5.74) is 1.69. The molecule has 1 aliphatic carbocycles. The van der Waals surface area contributed by atoms with Gasteiger partial charge in [-0.15, -0.1) is 10.2 Å². The van der Waals surface area contributed by atoms with Gasteiger partial charge in [-0.3, -0.25) is 4.40 Å². The van der Waals surface area contributed by atoms with Crippen LogP contribution in [-0.4, -0.2) is 14.6 Å². The number of rotatable bonds is 1. The van der Waals surface area contributed by atoms with Crippen molar-refractivity contribution < 1.29 is 0 Å². The number of nitrogens with zero attached hydrogens (tertiary/aromatic N) is 4. The Morgan fingerprint density at radius 2 is 2.28 bits per heavy atom. The van der Waals surface area contributed by atoms with Crippen molar-refractivity contribution in [3.05, 3.63) is 29.7 Å². The average molecular weight is 240 g/mol. The Kier molecular flexibility index (Phi) is 2.37. The first kappa shape index (κ1) is 11.2. The number of hydrogen-bond acceptors (Lipinski definition) is 3. The van der Waals surface area contributed by atoms with E-state index in [1.165, 1.54) is 19.3 Å². The standard InChI is InChI=1S/C14H16N4/c1-14(2)6-3-4-11(14)13-17-16-12-8-10(9-15)5-7-18(12)13/h5,7-8,11H,3-4,6H2,1-2H3. The van der Waals surface area contributed by atoms with E-state index in [1.807, 2.05) is 16.7 Å². The summed E-state index contributed by atoms with van der Waals surface area (Å²) in [4.78, 5) is 0. The van der Waals surface area contributed by atoms with E-state index in [0.29, 0.717) is 11.5 Å². The molecular formula is C14H16N4. The Morgan fingerprint density at radius 1 is 1.44 bits per heavy atom. The van der Waals surface area contributed by atoms with E-state index in [2.05, 4.69) is 30.1 Å². The first-order valence-corrected chi connectivity index (χ1v) is 6.36. The molecule has 1 fully saturated rings. The second-order valence-corrected chi connectivity index (χ2v) is 5.75. The molecule has 0 aliphatic heterocycles. The highest BCUT2D eigenvalue weighted by Crippen LogP contribution is 2.48. The molecule has 0 spiro atoms. The van der Waals surface area contributed by atoms with Crippen molar-refractivity contribution >= 4 is 5.65 Å². The highest BCUT2D eigenvalue weighted by Gasteiger charge is 2.38. The SMILES string of the molecule is CC1(C)CCCC1c1nnc2cc(C#N)ccn12. The lowest BCUT2D eigenvalue weighted by Gasteiger charge is -2.25. The van der Waals surface area contributed by atoms with E-state index in [1.54, 1.807) is 6.07 Å². The zero-order valence-electron chi connectivity index (χ0n) is 10.7. The quantitative estimate of drug-likeness (QED) is 0.770. The fraction of sp³-hybridized carbons (Fsp3) is 0.500. The lowest BCUT2D eigenvalue weighted by molar-refractivity contribution is 0.320. The molecule has 1 atom stereocenters. The van der Waals surface area contributed by atoms with Gasteiger partial charge in [0.25, 0.3) is 0 Å². The Balaban J connectivity index is 2.11. The molecule has 2 aromatic heterocycles. The zero-order valence-corrected chi connectivity index (χ0v) is 10.7. The molecule has 1 aliphatic rings. The molecule has 1 unspecified atom stereocenters. The predicted molar refractivity (Wildman–Crippen MR) is 68.1 cm³/mol. The summed E-state index contributed by atoms with van der Waals surface area (Å²) in [6.07, 6.45) is 5.58. The van der Waals surface area contributed by atoms with Gasteiger partial charge in [-0.2, -0.15) is 5.26 Å². The second-order valence-electron chi connectivity index (χ2n) is 5.75. The number of aromatic nitrogens is 3. The fourth-order valence-electron chi connectivity index (χ4n) is 3.02. The second kappa shape index (κ2) is 3.81. The van der Waals surface area contributed by atoms with Crippen LogP contribution in [0.5, 0.6) is 0 Å².